The molecule has 1 fully saturated rings. The van der Waals surface area contributed by atoms with Crippen LogP contribution < -0.4 is 10.5 Å². The molecule has 1 aromatic heterocycles. The van der Waals surface area contributed by atoms with E-state index in [4.69, 9.17) is 5.73 Å². The van der Waals surface area contributed by atoms with E-state index < -0.39 is 10.0 Å². The summed E-state index contributed by atoms with van der Waals surface area (Å²) >= 11 is 1.77. The quantitative estimate of drug-likeness (QED) is 0.821. The van der Waals surface area contributed by atoms with Gasteiger partial charge in [-0.1, -0.05) is 0 Å². The number of nitrogens with two attached hydrogens (primary N) is 1. The lowest BCUT2D eigenvalue weighted by molar-refractivity contribution is 0.536. The normalized spacial score (nSPS) is 21.6. The van der Waals surface area contributed by atoms with Crippen molar-refractivity contribution >= 4 is 27.6 Å². The minimum Gasteiger partial charge on any atom is -0.381 e. The number of aromatic nitrogens is 2. The van der Waals surface area contributed by atoms with Crippen molar-refractivity contribution in [3.8, 4) is 0 Å². The molecule has 0 bridgehead atoms. The molecule has 8 heteroatoms. The molecule has 0 aromatic carbocycles. The Morgan fingerprint density at radius 3 is 2.94 bits per heavy atom. The highest BCUT2D eigenvalue weighted by atomic mass is 32.2. The number of thioether (sulfide) groups is 1. The fourth-order valence-electron chi connectivity index (χ4n) is 1.87. The van der Waals surface area contributed by atoms with Crippen LogP contribution >= 0.6 is 11.8 Å². The highest BCUT2D eigenvalue weighted by Crippen LogP contribution is 2.21. The van der Waals surface area contributed by atoms with E-state index in [1.54, 1.807) is 18.8 Å². The van der Waals surface area contributed by atoms with Crippen LogP contribution in [0.5, 0.6) is 0 Å². The largest absolute Gasteiger partial charge is 0.381 e. The lowest BCUT2D eigenvalue weighted by Crippen LogP contribution is -2.39. The Bertz CT molecular complexity index is 472. The first-order valence-electron chi connectivity index (χ1n) is 5.37. The second kappa shape index (κ2) is 4.87. The van der Waals surface area contributed by atoms with Gasteiger partial charge in [-0.15, -0.1) is 0 Å². The Morgan fingerprint density at radius 1 is 1.65 bits per heavy atom. The second-order valence-electron chi connectivity index (χ2n) is 4.08. The summed E-state index contributed by atoms with van der Waals surface area (Å²) < 4.78 is 28.4. The van der Waals surface area contributed by atoms with Crippen LogP contribution in [-0.2, 0) is 17.1 Å². The Hall–Kier alpha value is -0.730. The number of nitrogens with one attached hydrogen (secondary N) is 1. The van der Waals surface area contributed by atoms with Crippen molar-refractivity contribution in [2.45, 2.75) is 23.9 Å². The summed E-state index contributed by atoms with van der Waals surface area (Å²) in [6, 6.07) is -0.00644. The number of nitrogens with zero attached hydrogens (tertiary/aromatic N) is 2. The molecule has 96 valence electrons. The smallest absolute Gasteiger partial charge is 0.260 e. The van der Waals surface area contributed by atoms with E-state index in [9.17, 15) is 8.42 Å². The second-order valence-corrected chi connectivity index (χ2v) is 6.86. The third-order valence-electron chi connectivity index (χ3n) is 2.65. The van der Waals surface area contributed by atoms with Crippen molar-refractivity contribution in [2.75, 3.05) is 17.2 Å². The van der Waals surface area contributed by atoms with Crippen LogP contribution in [-0.4, -0.2) is 35.5 Å². The average molecular weight is 276 g/mol. The summed E-state index contributed by atoms with van der Waals surface area (Å²) in [6.45, 7) is 0. The van der Waals surface area contributed by atoms with Gasteiger partial charge in [0.1, 0.15) is 0 Å². The van der Waals surface area contributed by atoms with Crippen molar-refractivity contribution < 1.29 is 8.42 Å². The number of rotatable bonds is 3. The Morgan fingerprint density at radius 2 is 2.41 bits per heavy atom. The molecular formula is C9H16N4O2S2. The van der Waals surface area contributed by atoms with Gasteiger partial charge in [-0.3, -0.25) is 0 Å². The topological polar surface area (TPSA) is 90.0 Å². The predicted octanol–water partition coefficient (Wildman–Crippen LogP) is 0.176. The molecule has 1 saturated heterocycles. The van der Waals surface area contributed by atoms with Crippen molar-refractivity contribution in [2.24, 2.45) is 7.05 Å². The highest BCUT2D eigenvalue weighted by Gasteiger charge is 2.26. The highest BCUT2D eigenvalue weighted by molar-refractivity contribution is 7.99. The van der Waals surface area contributed by atoms with Gasteiger partial charge in [-0.05, 0) is 18.6 Å². The van der Waals surface area contributed by atoms with Gasteiger partial charge in [-0.25, -0.2) is 18.1 Å². The summed E-state index contributed by atoms with van der Waals surface area (Å²) in [5.41, 5.74) is 5.58. The van der Waals surface area contributed by atoms with Crippen LogP contribution in [0.3, 0.4) is 0 Å². The van der Waals surface area contributed by atoms with Gasteiger partial charge in [0.2, 0.25) is 0 Å². The van der Waals surface area contributed by atoms with Crippen molar-refractivity contribution in [1.29, 1.82) is 0 Å². The van der Waals surface area contributed by atoms with E-state index in [1.807, 2.05) is 0 Å². The van der Waals surface area contributed by atoms with Crippen LogP contribution in [0.15, 0.2) is 11.4 Å². The molecule has 3 N–H and O–H groups in total. The minimum absolute atomic E-state index is 0.00644. The van der Waals surface area contributed by atoms with Gasteiger partial charge in [0.25, 0.3) is 10.0 Å². The first-order valence-corrected chi connectivity index (χ1v) is 8.01. The van der Waals surface area contributed by atoms with Crippen LogP contribution in [0, 0.1) is 0 Å². The molecule has 6 nitrogen and oxygen atoms in total. The van der Waals surface area contributed by atoms with Crippen molar-refractivity contribution in [3.63, 3.8) is 0 Å². The number of hydrogen-bond donors (Lipinski definition) is 2. The number of nitrogen functional groups attached to an aromatic ring is 1. The fraction of sp³-hybridized carbons (Fsp3) is 0.667. The van der Waals surface area contributed by atoms with E-state index in [0.29, 0.717) is 0 Å². The molecule has 17 heavy (non-hydrogen) atoms. The third kappa shape index (κ3) is 2.75. The van der Waals surface area contributed by atoms with E-state index in [-0.39, 0.29) is 16.9 Å². The SMILES string of the molecule is Cn1cnc(N)c1S(=O)(=O)NC1CCCSC1. The van der Waals surface area contributed by atoms with Crippen molar-refractivity contribution in [3.05, 3.63) is 6.33 Å². The number of sulfonamides is 1. The molecule has 0 spiro atoms. The zero-order valence-corrected chi connectivity index (χ0v) is 11.2. The average Bonchev–Trinajstić information content (AvgIpc) is 2.59. The van der Waals surface area contributed by atoms with Gasteiger partial charge >= 0.3 is 0 Å². The Kier molecular flexibility index (Phi) is 3.64. The molecular weight excluding hydrogens is 260 g/mol. The maximum atomic E-state index is 12.1. The molecule has 1 atom stereocenters. The lowest BCUT2D eigenvalue weighted by Gasteiger charge is -2.22. The zero-order valence-electron chi connectivity index (χ0n) is 9.59. The lowest BCUT2D eigenvalue weighted by atomic mass is 10.2. The molecule has 0 aliphatic carbocycles. The van der Waals surface area contributed by atoms with Gasteiger partial charge < -0.3 is 10.3 Å². The molecule has 0 amide bonds. The number of hydrogen-bond acceptors (Lipinski definition) is 5. The molecule has 2 rings (SSSR count). The summed E-state index contributed by atoms with van der Waals surface area (Å²) in [7, 11) is -1.95. The molecule has 1 aliphatic heterocycles. The van der Waals surface area contributed by atoms with Gasteiger partial charge in [0.15, 0.2) is 10.8 Å². The molecule has 0 saturated carbocycles. The molecule has 1 aromatic rings. The standard InChI is InChI=1S/C9H16N4O2S2/c1-13-6-11-8(10)9(13)17(14,15)12-7-3-2-4-16-5-7/h6-7,12H,2-5,10H2,1H3. The van der Waals surface area contributed by atoms with E-state index in [2.05, 4.69) is 9.71 Å². The molecule has 1 aliphatic rings. The van der Waals surface area contributed by atoms with Crippen molar-refractivity contribution in [1.82, 2.24) is 14.3 Å². The molecule has 2 heterocycles. The molecule has 0 radical (unpaired) electrons. The van der Waals surface area contributed by atoms with Gasteiger partial charge in [-0.2, -0.15) is 11.8 Å². The maximum Gasteiger partial charge on any atom is 0.260 e. The van der Waals surface area contributed by atoms with Crippen LogP contribution in [0.2, 0.25) is 0 Å². The summed E-state index contributed by atoms with van der Waals surface area (Å²) in [4.78, 5) is 3.79. The zero-order chi connectivity index (χ0) is 12.5. The number of aryl methyl sites for hydroxylation is 1. The summed E-state index contributed by atoms with van der Waals surface area (Å²) in [6.07, 6.45) is 3.32. The first-order chi connectivity index (χ1) is 8.00. The number of anilines is 1. The van der Waals surface area contributed by atoms with E-state index >= 15 is 0 Å². The monoisotopic (exact) mass is 276 g/mol. The Labute approximate surface area is 105 Å². The maximum absolute atomic E-state index is 12.1. The van der Waals surface area contributed by atoms with Gasteiger partial charge in [0, 0.05) is 18.8 Å². The Balaban J connectivity index is 2.19. The first kappa shape index (κ1) is 12.7. The van der Waals surface area contributed by atoms with Crippen LogP contribution in [0.1, 0.15) is 12.8 Å². The summed E-state index contributed by atoms with van der Waals surface area (Å²) in [5, 5.41) is 0.0491. The predicted molar refractivity (Wildman–Crippen MR) is 68.3 cm³/mol. The van der Waals surface area contributed by atoms with Gasteiger partial charge in [0.05, 0.1) is 6.33 Å². The van der Waals surface area contributed by atoms with E-state index in [1.165, 1.54) is 10.9 Å². The molecule has 1 unspecified atom stereocenters. The number of imidazole rings is 1. The van der Waals surface area contributed by atoms with Crippen LogP contribution in [0.25, 0.3) is 0 Å². The summed E-state index contributed by atoms with van der Waals surface area (Å²) in [5.74, 6) is 1.96. The van der Waals surface area contributed by atoms with Crippen LogP contribution in [0.4, 0.5) is 5.82 Å². The minimum atomic E-state index is -3.57. The fourth-order valence-corrected chi connectivity index (χ4v) is 4.56. The third-order valence-corrected chi connectivity index (χ3v) is 5.51. The van der Waals surface area contributed by atoms with E-state index in [0.717, 1.165) is 24.3 Å².